The Bertz CT molecular complexity index is 76.6. The topological polar surface area (TPSA) is 26.1 Å². The molecule has 0 fully saturated rings. The second-order valence-electron chi connectivity index (χ2n) is 1.89. The molecule has 0 bridgehead atoms. The molecule has 0 spiro atoms. The van der Waals surface area contributed by atoms with Gasteiger partial charge >= 0.3 is 0 Å². The number of hydroxylamine groups is 1. The molecular formula is C6H13NO. The maximum Gasteiger partial charge on any atom is 0.162 e. The second-order valence-corrected chi connectivity index (χ2v) is 1.89. The third-order valence-corrected chi connectivity index (χ3v) is 1.35. The first kappa shape index (κ1) is 7.47. The molecule has 0 amide bonds. The van der Waals surface area contributed by atoms with Crippen molar-refractivity contribution in [1.82, 2.24) is 0 Å². The van der Waals surface area contributed by atoms with Crippen LogP contribution in [0.1, 0.15) is 26.7 Å². The summed E-state index contributed by atoms with van der Waals surface area (Å²) < 4.78 is 0.778. The van der Waals surface area contributed by atoms with Crippen LogP contribution >= 0.6 is 0 Å². The lowest BCUT2D eigenvalue weighted by molar-refractivity contribution is -0.493. The smallest absolute Gasteiger partial charge is 0.162 e. The van der Waals surface area contributed by atoms with Gasteiger partial charge in [-0.3, -0.25) is 0 Å². The van der Waals surface area contributed by atoms with Gasteiger partial charge in [0.05, 0.1) is 0 Å². The molecule has 0 aromatic rings. The van der Waals surface area contributed by atoms with E-state index in [0.29, 0.717) is 0 Å². The van der Waals surface area contributed by atoms with Gasteiger partial charge in [0.15, 0.2) is 6.04 Å². The summed E-state index contributed by atoms with van der Waals surface area (Å²) in [6, 6.07) is 0.120. The first-order valence-electron chi connectivity index (χ1n) is 2.99. The predicted octanol–water partition coefficient (Wildman–Crippen LogP) is 1.39. The summed E-state index contributed by atoms with van der Waals surface area (Å²) >= 11 is 0. The lowest BCUT2D eigenvalue weighted by atomic mass is 10.2. The van der Waals surface area contributed by atoms with Crippen molar-refractivity contribution < 1.29 is 4.74 Å². The van der Waals surface area contributed by atoms with E-state index in [1.54, 1.807) is 0 Å². The van der Waals surface area contributed by atoms with Gasteiger partial charge in [0.25, 0.3) is 0 Å². The van der Waals surface area contributed by atoms with Gasteiger partial charge in [-0.25, -0.2) is 4.74 Å². The van der Waals surface area contributed by atoms with Gasteiger partial charge in [-0.05, 0) is 0 Å². The van der Waals surface area contributed by atoms with Crippen molar-refractivity contribution in [3.8, 4) is 0 Å². The number of rotatable bonds is 3. The standard InChI is InChI=1S/C6H13NO/c1-4-6(5-2)7(3)8/h6H,3-5H2,1-2H3. The largest absolute Gasteiger partial charge is 0.624 e. The zero-order valence-corrected chi connectivity index (χ0v) is 5.55. The third-order valence-electron chi connectivity index (χ3n) is 1.35. The molecule has 0 radical (unpaired) electrons. The third kappa shape index (κ3) is 1.96. The predicted molar refractivity (Wildman–Crippen MR) is 35.1 cm³/mol. The van der Waals surface area contributed by atoms with Crippen LogP contribution in [0.2, 0.25) is 0 Å². The van der Waals surface area contributed by atoms with Crippen LogP contribution in [-0.4, -0.2) is 17.5 Å². The molecule has 0 saturated heterocycles. The van der Waals surface area contributed by atoms with Crippen LogP contribution in [0, 0.1) is 5.21 Å². The van der Waals surface area contributed by atoms with Crippen molar-refractivity contribution in [2.45, 2.75) is 32.7 Å². The Hall–Kier alpha value is -0.530. The Morgan fingerprint density at radius 3 is 1.88 bits per heavy atom. The highest BCUT2D eigenvalue weighted by molar-refractivity contribution is 5.14. The molecule has 0 aliphatic heterocycles. The van der Waals surface area contributed by atoms with Crippen molar-refractivity contribution in [1.29, 1.82) is 0 Å². The van der Waals surface area contributed by atoms with Gasteiger partial charge in [0.1, 0.15) is 6.72 Å². The van der Waals surface area contributed by atoms with E-state index in [0.717, 1.165) is 17.6 Å². The normalized spacial score (nSPS) is 9.88. The van der Waals surface area contributed by atoms with Crippen LogP contribution in [0.25, 0.3) is 0 Å². The fourth-order valence-corrected chi connectivity index (χ4v) is 0.696. The van der Waals surface area contributed by atoms with Crippen molar-refractivity contribution in [2.75, 3.05) is 0 Å². The first-order chi connectivity index (χ1) is 3.72. The van der Waals surface area contributed by atoms with E-state index in [1.165, 1.54) is 0 Å². The van der Waals surface area contributed by atoms with Crippen LogP contribution < -0.4 is 0 Å². The molecule has 0 aromatic heterocycles. The Balaban J connectivity index is 3.52. The molecule has 0 aromatic carbocycles. The van der Waals surface area contributed by atoms with Crippen molar-refractivity contribution >= 4 is 6.72 Å². The van der Waals surface area contributed by atoms with Crippen LogP contribution in [-0.2, 0) is 0 Å². The van der Waals surface area contributed by atoms with E-state index < -0.39 is 0 Å². The van der Waals surface area contributed by atoms with Crippen molar-refractivity contribution in [2.24, 2.45) is 0 Å². The molecule has 0 atom stereocenters. The van der Waals surface area contributed by atoms with E-state index in [9.17, 15) is 5.21 Å². The van der Waals surface area contributed by atoms with Gasteiger partial charge in [0.2, 0.25) is 0 Å². The van der Waals surface area contributed by atoms with E-state index in [2.05, 4.69) is 6.72 Å². The molecular weight excluding hydrogens is 102 g/mol. The minimum Gasteiger partial charge on any atom is -0.624 e. The Labute approximate surface area is 50.4 Å². The van der Waals surface area contributed by atoms with Crippen LogP contribution in [0.5, 0.6) is 0 Å². The number of nitrogens with zero attached hydrogens (tertiary/aromatic N) is 1. The highest BCUT2D eigenvalue weighted by Crippen LogP contribution is 1.98. The van der Waals surface area contributed by atoms with Crippen molar-refractivity contribution in [3.05, 3.63) is 5.21 Å². The van der Waals surface area contributed by atoms with Gasteiger partial charge in [0, 0.05) is 12.8 Å². The average Bonchev–Trinajstić information content (AvgIpc) is 1.69. The minimum absolute atomic E-state index is 0.120. The zero-order chi connectivity index (χ0) is 6.57. The molecule has 0 N–H and O–H groups in total. The maximum absolute atomic E-state index is 10.4. The molecule has 0 aliphatic carbocycles. The molecule has 0 saturated carbocycles. The van der Waals surface area contributed by atoms with E-state index in [4.69, 9.17) is 0 Å². The highest BCUT2D eigenvalue weighted by atomic mass is 16.5. The van der Waals surface area contributed by atoms with E-state index in [1.807, 2.05) is 13.8 Å². The van der Waals surface area contributed by atoms with Crippen LogP contribution in [0.3, 0.4) is 0 Å². The summed E-state index contributed by atoms with van der Waals surface area (Å²) in [6.07, 6.45) is 1.78. The molecule has 48 valence electrons. The Kier molecular flexibility index (Phi) is 3.24. The SMILES string of the molecule is C=[N+]([O-])C(CC)CC. The zero-order valence-electron chi connectivity index (χ0n) is 5.55. The quantitative estimate of drug-likeness (QED) is 0.236. The molecule has 0 heterocycles. The van der Waals surface area contributed by atoms with Gasteiger partial charge in [-0.2, -0.15) is 0 Å². The second kappa shape index (κ2) is 3.47. The van der Waals surface area contributed by atoms with Crippen LogP contribution in [0.15, 0.2) is 0 Å². The monoisotopic (exact) mass is 115 g/mol. The summed E-state index contributed by atoms with van der Waals surface area (Å²) in [5.74, 6) is 0. The molecule has 2 nitrogen and oxygen atoms in total. The molecule has 0 aliphatic rings. The van der Waals surface area contributed by atoms with Crippen molar-refractivity contribution in [3.63, 3.8) is 0 Å². The summed E-state index contributed by atoms with van der Waals surface area (Å²) in [7, 11) is 0. The molecule has 0 unspecified atom stereocenters. The Morgan fingerprint density at radius 1 is 1.50 bits per heavy atom. The Morgan fingerprint density at radius 2 is 1.88 bits per heavy atom. The fraction of sp³-hybridized carbons (Fsp3) is 0.833. The van der Waals surface area contributed by atoms with Gasteiger partial charge in [-0.1, -0.05) is 13.8 Å². The summed E-state index contributed by atoms with van der Waals surface area (Å²) in [5, 5.41) is 10.4. The maximum atomic E-state index is 10.4. The number of hydrogen-bond donors (Lipinski definition) is 0. The minimum atomic E-state index is 0.120. The average molecular weight is 115 g/mol. The lowest BCUT2D eigenvalue weighted by Crippen LogP contribution is -2.17. The molecule has 2 heteroatoms. The lowest BCUT2D eigenvalue weighted by Gasteiger charge is -2.10. The van der Waals surface area contributed by atoms with Gasteiger partial charge < -0.3 is 5.21 Å². The van der Waals surface area contributed by atoms with E-state index >= 15 is 0 Å². The summed E-state index contributed by atoms with van der Waals surface area (Å²) in [4.78, 5) is 0. The molecule has 0 rings (SSSR count). The highest BCUT2D eigenvalue weighted by Gasteiger charge is 2.05. The number of hydrogen-bond acceptors (Lipinski definition) is 1. The van der Waals surface area contributed by atoms with Gasteiger partial charge in [-0.15, -0.1) is 0 Å². The fourth-order valence-electron chi connectivity index (χ4n) is 0.696. The van der Waals surface area contributed by atoms with Crippen LogP contribution in [0.4, 0.5) is 0 Å². The molecule has 8 heavy (non-hydrogen) atoms. The van der Waals surface area contributed by atoms with E-state index in [-0.39, 0.29) is 6.04 Å². The summed E-state index contributed by atoms with van der Waals surface area (Å²) in [6.45, 7) is 7.24. The first-order valence-corrected chi connectivity index (χ1v) is 2.99. The summed E-state index contributed by atoms with van der Waals surface area (Å²) in [5.41, 5.74) is 0.